The summed E-state index contributed by atoms with van der Waals surface area (Å²) in [5.74, 6) is -0.779. The largest absolute Gasteiger partial charge is 0.436 e. The number of amides is 2. The van der Waals surface area contributed by atoms with E-state index in [1.807, 2.05) is 20.8 Å². The van der Waals surface area contributed by atoms with E-state index in [-0.39, 0.29) is 17.5 Å². The van der Waals surface area contributed by atoms with E-state index in [4.69, 9.17) is 22.1 Å². The van der Waals surface area contributed by atoms with Crippen molar-refractivity contribution in [2.45, 2.75) is 39.5 Å². The predicted molar refractivity (Wildman–Crippen MR) is 83.6 cm³/mol. The first-order chi connectivity index (χ1) is 10.8. The SMILES string of the molecule is CC(C)(C)CC(OC(N)=O)C(=O)Nc1ccc(Cl)c(C(F)(F)F)c1. The smallest absolute Gasteiger partial charge is 0.417 e. The third-order valence-electron chi connectivity index (χ3n) is 2.89. The lowest BCUT2D eigenvalue weighted by Crippen LogP contribution is -2.37. The van der Waals surface area contributed by atoms with Crippen LogP contribution in [0.2, 0.25) is 5.02 Å². The third-order valence-corrected chi connectivity index (χ3v) is 3.22. The summed E-state index contributed by atoms with van der Waals surface area (Å²) in [5, 5.41) is 1.79. The quantitative estimate of drug-likeness (QED) is 0.838. The maximum atomic E-state index is 12.8. The summed E-state index contributed by atoms with van der Waals surface area (Å²) in [6.07, 6.45) is -6.90. The van der Waals surface area contributed by atoms with Crippen LogP contribution in [0.15, 0.2) is 18.2 Å². The molecule has 0 fully saturated rings. The van der Waals surface area contributed by atoms with Gasteiger partial charge in [-0.15, -0.1) is 0 Å². The summed E-state index contributed by atoms with van der Waals surface area (Å²) in [7, 11) is 0. The Bertz CT molecular complexity index is 627. The van der Waals surface area contributed by atoms with Crippen molar-refractivity contribution in [3.05, 3.63) is 28.8 Å². The van der Waals surface area contributed by atoms with Gasteiger partial charge in [-0.3, -0.25) is 4.79 Å². The first-order valence-corrected chi connectivity index (χ1v) is 7.31. The molecule has 0 saturated heterocycles. The topological polar surface area (TPSA) is 81.4 Å². The first-order valence-electron chi connectivity index (χ1n) is 6.93. The molecule has 3 N–H and O–H groups in total. The molecule has 0 aliphatic heterocycles. The molecule has 1 atom stereocenters. The average Bonchev–Trinajstić information content (AvgIpc) is 2.36. The summed E-state index contributed by atoms with van der Waals surface area (Å²) in [6, 6.07) is 2.94. The van der Waals surface area contributed by atoms with E-state index in [1.54, 1.807) is 0 Å². The lowest BCUT2D eigenvalue weighted by molar-refractivity contribution is -0.137. The number of primary amides is 1. The van der Waals surface area contributed by atoms with Gasteiger partial charge in [0.1, 0.15) is 0 Å². The number of nitrogens with two attached hydrogens (primary N) is 1. The van der Waals surface area contributed by atoms with Gasteiger partial charge in [0.25, 0.3) is 5.91 Å². The van der Waals surface area contributed by atoms with E-state index >= 15 is 0 Å². The van der Waals surface area contributed by atoms with Gasteiger partial charge in [-0.1, -0.05) is 32.4 Å². The van der Waals surface area contributed by atoms with Crippen molar-refractivity contribution < 1.29 is 27.5 Å². The minimum absolute atomic E-state index is 0.122. The van der Waals surface area contributed by atoms with E-state index in [9.17, 15) is 22.8 Å². The number of benzene rings is 1. The summed E-state index contributed by atoms with van der Waals surface area (Å²) in [4.78, 5) is 23.2. The molecule has 9 heteroatoms. The molecule has 1 unspecified atom stereocenters. The van der Waals surface area contributed by atoms with Crippen molar-refractivity contribution in [2.24, 2.45) is 11.1 Å². The lowest BCUT2D eigenvalue weighted by atomic mass is 9.89. The normalized spacial score (nSPS) is 13.3. The van der Waals surface area contributed by atoms with Gasteiger partial charge in [-0.05, 0) is 30.0 Å². The fourth-order valence-electron chi connectivity index (χ4n) is 1.93. The molecule has 0 spiro atoms. The zero-order valence-corrected chi connectivity index (χ0v) is 14.1. The second kappa shape index (κ2) is 7.29. The lowest BCUT2D eigenvalue weighted by Gasteiger charge is -2.24. The molecule has 0 bridgehead atoms. The molecule has 1 aromatic rings. The van der Waals surface area contributed by atoms with E-state index in [2.05, 4.69) is 5.32 Å². The van der Waals surface area contributed by atoms with Crippen LogP contribution in [0.25, 0.3) is 0 Å². The number of rotatable bonds is 4. The molecule has 0 radical (unpaired) electrons. The van der Waals surface area contributed by atoms with Crippen LogP contribution in [0.4, 0.5) is 23.7 Å². The van der Waals surface area contributed by atoms with E-state index in [1.165, 1.54) is 6.07 Å². The molecule has 0 aliphatic carbocycles. The van der Waals surface area contributed by atoms with E-state index < -0.39 is 34.9 Å². The second-order valence-electron chi connectivity index (χ2n) is 6.37. The molecule has 1 rings (SSSR count). The van der Waals surface area contributed by atoms with Crippen LogP contribution in [0.3, 0.4) is 0 Å². The molecule has 5 nitrogen and oxygen atoms in total. The molecule has 0 heterocycles. The summed E-state index contributed by atoms with van der Waals surface area (Å²) < 4.78 is 43.3. The number of alkyl halides is 3. The molecule has 134 valence electrons. The number of nitrogens with one attached hydrogen (secondary N) is 1. The van der Waals surface area contributed by atoms with Crippen LogP contribution in [0.5, 0.6) is 0 Å². The minimum Gasteiger partial charge on any atom is -0.436 e. The molecular formula is C15H18ClF3N2O3. The third kappa shape index (κ3) is 6.27. The van der Waals surface area contributed by atoms with Crippen LogP contribution in [0, 0.1) is 5.41 Å². The van der Waals surface area contributed by atoms with Gasteiger partial charge in [0.15, 0.2) is 6.10 Å². The van der Waals surface area contributed by atoms with E-state index in [0.717, 1.165) is 6.07 Å². The van der Waals surface area contributed by atoms with E-state index in [0.29, 0.717) is 6.07 Å². The Labute approximate surface area is 142 Å². The first kappa shape index (κ1) is 20.1. The minimum atomic E-state index is -4.66. The standard InChI is InChI=1S/C15H18ClF3N2O3/c1-14(2,3)7-11(24-13(20)23)12(22)21-8-4-5-10(16)9(6-8)15(17,18)19/h4-6,11H,7H2,1-3H3,(H2,20,23)(H,21,22). The molecule has 0 aromatic heterocycles. The fraction of sp³-hybridized carbons (Fsp3) is 0.467. The number of anilines is 1. The number of halogens is 4. The van der Waals surface area contributed by atoms with Crippen molar-refractivity contribution >= 4 is 29.3 Å². The van der Waals surface area contributed by atoms with Crippen molar-refractivity contribution in [1.82, 2.24) is 0 Å². The van der Waals surface area contributed by atoms with Crippen molar-refractivity contribution in [3.8, 4) is 0 Å². The molecule has 1 aromatic carbocycles. The van der Waals surface area contributed by atoms with Gasteiger partial charge in [-0.25, -0.2) is 4.79 Å². The highest BCUT2D eigenvalue weighted by Crippen LogP contribution is 2.36. The Morgan fingerprint density at radius 3 is 2.33 bits per heavy atom. The number of carbonyl (C=O) groups excluding carboxylic acids is 2. The van der Waals surface area contributed by atoms with Gasteiger partial charge < -0.3 is 15.8 Å². The Balaban J connectivity index is 3.00. The second-order valence-corrected chi connectivity index (χ2v) is 6.78. The maximum Gasteiger partial charge on any atom is 0.417 e. The number of hydrogen-bond donors (Lipinski definition) is 2. The molecule has 0 saturated carbocycles. The zero-order chi connectivity index (χ0) is 18.7. The summed E-state index contributed by atoms with van der Waals surface area (Å²) in [6.45, 7) is 5.42. The molecule has 24 heavy (non-hydrogen) atoms. The van der Waals surface area contributed by atoms with Crippen LogP contribution in [-0.4, -0.2) is 18.1 Å². The number of ether oxygens (including phenoxy) is 1. The maximum absolute atomic E-state index is 12.8. The van der Waals surface area contributed by atoms with Gasteiger partial charge in [0.2, 0.25) is 0 Å². The van der Waals surface area contributed by atoms with Crippen molar-refractivity contribution in [1.29, 1.82) is 0 Å². The Morgan fingerprint density at radius 2 is 1.88 bits per heavy atom. The highest BCUT2D eigenvalue weighted by molar-refractivity contribution is 6.31. The van der Waals surface area contributed by atoms with Gasteiger partial charge >= 0.3 is 12.3 Å². The van der Waals surface area contributed by atoms with Crippen molar-refractivity contribution in [3.63, 3.8) is 0 Å². The summed E-state index contributed by atoms with van der Waals surface area (Å²) in [5.41, 5.74) is 3.36. The zero-order valence-electron chi connectivity index (χ0n) is 13.3. The monoisotopic (exact) mass is 366 g/mol. The van der Waals surface area contributed by atoms with Crippen LogP contribution in [0.1, 0.15) is 32.8 Å². The highest BCUT2D eigenvalue weighted by atomic mass is 35.5. The number of carbonyl (C=O) groups is 2. The highest BCUT2D eigenvalue weighted by Gasteiger charge is 2.34. The van der Waals surface area contributed by atoms with Crippen LogP contribution in [-0.2, 0) is 15.7 Å². The Kier molecular flexibility index (Phi) is 6.10. The van der Waals surface area contributed by atoms with Crippen LogP contribution < -0.4 is 11.1 Å². The predicted octanol–water partition coefficient (Wildman–Crippen LogP) is 4.20. The molecular weight excluding hydrogens is 349 g/mol. The van der Waals surface area contributed by atoms with Crippen LogP contribution >= 0.6 is 11.6 Å². The fourth-order valence-corrected chi connectivity index (χ4v) is 2.15. The van der Waals surface area contributed by atoms with Gasteiger partial charge in [-0.2, -0.15) is 13.2 Å². The van der Waals surface area contributed by atoms with Gasteiger partial charge in [0.05, 0.1) is 10.6 Å². The summed E-state index contributed by atoms with van der Waals surface area (Å²) >= 11 is 5.52. The van der Waals surface area contributed by atoms with Gasteiger partial charge in [0, 0.05) is 5.69 Å². The average molecular weight is 367 g/mol. The Morgan fingerprint density at radius 1 is 1.29 bits per heavy atom. The number of hydrogen-bond acceptors (Lipinski definition) is 3. The van der Waals surface area contributed by atoms with Crippen molar-refractivity contribution in [2.75, 3.05) is 5.32 Å². The Hall–Kier alpha value is -1.96. The molecule has 2 amide bonds. The molecule has 0 aliphatic rings.